The zero-order chi connectivity index (χ0) is 24.5. The number of likely N-dealkylation sites (tertiary alicyclic amines) is 1. The minimum atomic E-state index is -0.0660. The van der Waals surface area contributed by atoms with Gasteiger partial charge in [0.2, 0.25) is 11.8 Å². The molecular formula is C29H39N3O3. The molecule has 6 heteroatoms. The van der Waals surface area contributed by atoms with Crippen LogP contribution in [0.15, 0.2) is 54.6 Å². The maximum atomic E-state index is 13.1. The van der Waals surface area contributed by atoms with E-state index in [-0.39, 0.29) is 17.7 Å². The van der Waals surface area contributed by atoms with Crippen molar-refractivity contribution in [1.82, 2.24) is 9.80 Å². The van der Waals surface area contributed by atoms with Crippen LogP contribution in [0.5, 0.6) is 5.75 Å². The molecule has 0 spiro atoms. The monoisotopic (exact) mass is 477 g/mol. The molecule has 2 aliphatic rings. The number of nitrogens with zero attached hydrogens (tertiary/aromatic N) is 2. The van der Waals surface area contributed by atoms with Crippen molar-refractivity contribution in [1.29, 1.82) is 0 Å². The van der Waals surface area contributed by atoms with Crippen molar-refractivity contribution in [2.75, 3.05) is 32.1 Å². The van der Waals surface area contributed by atoms with E-state index in [2.05, 4.69) is 23.3 Å². The van der Waals surface area contributed by atoms with E-state index >= 15 is 0 Å². The van der Waals surface area contributed by atoms with Crippen LogP contribution in [0.4, 0.5) is 5.69 Å². The summed E-state index contributed by atoms with van der Waals surface area (Å²) in [5, 5.41) is 3.20. The van der Waals surface area contributed by atoms with Crippen LogP contribution in [-0.4, -0.2) is 54.4 Å². The lowest BCUT2D eigenvalue weighted by Gasteiger charge is -2.32. The predicted octanol–water partition coefficient (Wildman–Crippen LogP) is 5.10. The molecular weight excluding hydrogens is 438 g/mol. The first-order valence-electron chi connectivity index (χ1n) is 13.1. The fourth-order valence-electron chi connectivity index (χ4n) is 5.26. The average Bonchev–Trinajstić information content (AvgIpc) is 2.91. The predicted molar refractivity (Wildman–Crippen MR) is 139 cm³/mol. The lowest BCUT2D eigenvalue weighted by atomic mass is 9.94. The van der Waals surface area contributed by atoms with E-state index in [9.17, 15) is 9.59 Å². The molecule has 0 bridgehead atoms. The Morgan fingerprint density at radius 2 is 1.63 bits per heavy atom. The van der Waals surface area contributed by atoms with Crippen molar-refractivity contribution in [3.63, 3.8) is 0 Å². The molecule has 1 heterocycles. The standard InChI is InChI=1S/C29H39N3O3/c1-31(25-11-4-2-5-12-25)22-24-10-8-9-15-27(24)30-29(34)23-16-19-32(20-17-23)28(33)18-21-35-26-13-6-3-7-14-26/h3,6-10,13-15,23,25H,2,4-5,11-12,16-22H2,1H3,(H,30,34). The molecule has 0 radical (unpaired) electrons. The first kappa shape index (κ1) is 25.2. The second kappa shape index (κ2) is 12.7. The van der Waals surface area contributed by atoms with E-state index in [0.29, 0.717) is 45.0 Å². The molecule has 1 N–H and O–H groups in total. The highest BCUT2D eigenvalue weighted by molar-refractivity contribution is 5.93. The number of carbonyl (C=O) groups excluding carboxylic acids is 2. The second-order valence-corrected chi connectivity index (χ2v) is 9.92. The van der Waals surface area contributed by atoms with Crippen molar-refractivity contribution in [3.05, 3.63) is 60.2 Å². The van der Waals surface area contributed by atoms with Crippen molar-refractivity contribution in [3.8, 4) is 5.75 Å². The van der Waals surface area contributed by atoms with Crippen LogP contribution in [0, 0.1) is 5.92 Å². The van der Waals surface area contributed by atoms with Gasteiger partial charge in [-0.2, -0.15) is 0 Å². The maximum Gasteiger partial charge on any atom is 0.227 e. The van der Waals surface area contributed by atoms with Gasteiger partial charge in [0.1, 0.15) is 5.75 Å². The number of ether oxygens (including phenoxy) is 1. The molecule has 1 saturated heterocycles. The van der Waals surface area contributed by atoms with Gasteiger partial charge in [-0.05, 0) is 56.5 Å². The Balaban J connectivity index is 1.23. The summed E-state index contributed by atoms with van der Waals surface area (Å²) in [6, 6.07) is 18.3. The van der Waals surface area contributed by atoms with E-state index in [1.54, 1.807) is 0 Å². The number of amides is 2. The number of rotatable bonds is 9. The molecule has 2 amide bonds. The second-order valence-electron chi connectivity index (χ2n) is 9.92. The highest BCUT2D eigenvalue weighted by Crippen LogP contribution is 2.26. The Labute approximate surface area is 209 Å². The molecule has 2 fully saturated rings. The number of nitrogens with one attached hydrogen (secondary N) is 1. The lowest BCUT2D eigenvalue weighted by molar-refractivity contribution is -0.135. The maximum absolute atomic E-state index is 13.1. The van der Waals surface area contributed by atoms with Gasteiger partial charge >= 0.3 is 0 Å². The molecule has 35 heavy (non-hydrogen) atoms. The Hall–Kier alpha value is -2.86. The summed E-state index contributed by atoms with van der Waals surface area (Å²) in [4.78, 5) is 29.9. The van der Waals surface area contributed by atoms with E-state index in [1.165, 1.54) is 37.7 Å². The summed E-state index contributed by atoms with van der Waals surface area (Å²) in [5.74, 6) is 0.873. The molecule has 6 nitrogen and oxygen atoms in total. The van der Waals surface area contributed by atoms with Crippen LogP contribution < -0.4 is 10.1 Å². The van der Waals surface area contributed by atoms with Gasteiger partial charge in [-0.15, -0.1) is 0 Å². The largest absolute Gasteiger partial charge is 0.493 e. The Bertz CT molecular complexity index is 951. The molecule has 2 aromatic rings. The van der Waals surface area contributed by atoms with Crippen molar-refractivity contribution >= 4 is 17.5 Å². The highest BCUT2D eigenvalue weighted by Gasteiger charge is 2.28. The molecule has 1 aliphatic carbocycles. The first-order chi connectivity index (χ1) is 17.1. The average molecular weight is 478 g/mol. The molecule has 4 rings (SSSR count). The van der Waals surface area contributed by atoms with Crippen LogP contribution >= 0.6 is 0 Å². The molecule has 188 valence electrons. The zero-order valence-electron chi connectivity index (χ0n) is 21.0. The van der Waals surface area contributed by atoms with Gasteiger partial charge in [0.05, 0.1) is 13.0 Å². The van der Waals surface area contributed by atoms with E-state index < -0.39 is 0 Å². The third-order valence-corrected chi connectivity index (χ3v) is 7.44. The van der Waals surface area contributed by atoms with Crippen LogP contribution in [0.2, 0.25) is 0 Å². The fourth-order valence-corrected chi connectivity index (χ4v) is 5.26. The van der Waals surface area contributed by atoms with Crippen molar-refractivity contribution in [2.45, 2.75) is 64.0 Å². The number of hydrogen-bond donors (Lipinski definition) is 1. The van der Waals surface area contributed by atoms with Crippen LogP contribution in [0.1, 0.15) is 56.9 Å². The van der Waals surface area contributed by atoms with Gasteiger partial charge in [0.15, 0.2) is 0 Å². The number of anilines is 1. The van der Waals surface area contributed by atoms with E-state index in [4.69, 9.17) is 4.74 Å². The first-order valence-corrected chi connectivity index (χ1v) is 13.1. The van der Waals surface area contributed by atoms with Gasteiger partial charge in [-0.3, -0.25) is 14.5 Å². The van der Waals surface area contributed by atoms with Crippen LogP contribution in [0.3, 0.4) is 0 Å². The zero-order valence-corrected chi connectivity index (χ0v) is 21.0. The number of hydrogen-bond acceptors (Lipinski definition) is 4. The third kappa shape index (κ3) is 7.31. The lowest BCUT2D eigenvalue weighted by Crippen LogP contribution is -2.42. The summed E-state index contributed by atoms with van der Waals surface area (Å²) in [7, 11) is 2.20. The smallest absolute Gasteiger partial charge is 0.227 e. The molecule has 0 atom stereocenters. The van der Waals surface area contributed by atoms with E-state index in [1.807, 2.05) is 53.4 Å². The number of carbonyl (C=O) groups is 2. The van der Waals surface area contributed by atoms with Crippen molar-refractivity contribution in [2.24, 2.45) is 5.92 Å². The number of piperidine rings is 1. The quantitative estimate of drug-likeness (QED) is 0.546. The Kier molecular flexibility index (Phi) is 9.18. The summed E-state index contributed by atoms with van der Waals surface area (Å²) in [6.45, 7) is 2.46. The van der Waals surface area contributed by atoms with Crippen LogP contribution in [0.25, 0.3) is 0 Å². The van der Waals surface area contributed by atoms with Crippen molar-refractivity contribution < 1.29 is 14.3 Å². The van der Waals surface area contributed by atoms with Gasteiger partial charge in [0.25, 0.3) is 0 Å². The summed E-state index contributed by atoms with van der Waals surface area (Å²) >= 11 is 0. The minimum absolute atomic E-state index is 0.0660. The van der Waals surface area contributed by atoms with Crippen LogP contribution in [-0.2, 0) is 16.1 Å². The molecule has 1 aliphatic heterocycles. The topological polar surface area (TPSA) is 61.9 Å². The third-order valence-electron chi connectivity index (χ3n) is 7.44. The summed E-state index contributed by atoms with van der Waals surface area (Å²) < 4.78 is 5.66. The number of benzene rings is 2. The summed E-state index contributed by atoms with van der Waals surface area (Å²) in [5.41, 5.74) is 2.08. The molecule has 0 unspecified atom stereocenters. The minimum Gasteiger partial charge on any atom is -0.493 e. The van der Waals surface area contributed by atoms with Gasteiger partial charge in [-0.1, -0.05) is 55.7 Å². The van der Waals surface area contributed by atoms with Gasteiger partial charge < -0.3 is 15.0 Å². The fraction of sp³-hybridized carbons (Fsp3) is 0.517. The number of para-hydroxylation sites is 2. The molecule has 2 aromatic carbocycles. The normalized spacial score (nSPS) is 17.4. The van der Waals surface area contributed by atoms with E-state index in [0.717, 1.165) is 18.0 Å². The SMILES string of the molecule is CN(Cc1ccccc1NC(=O)C1CCN(C(=O)CCOc2ccccc2)CC1)C1CCCCC1. The van der Waals surface area contributed by atoms with Gasteiger partial charge in [-0.25, -0.2) is 0 Å². The highest BCUT2D eigenvalue weighted by atomic mass is 16.5. The Morgan fingerprint density at radius 3 is 2.37 bits per heavy atom. The van der Waals surface area contributed by atoms with Gasteiger partial charge in [0, 0.05) is 37.3 Å². The molecule has 0 aromatic heterocycles. The Morgan fingerprint density at radius 1 is 0.943 bits per heavy atom. The summed E-state index contributed by atoms with van der Waals surface area (Å²) in [6.07, 6.45) is 8.25. The molecule has 1 saturated carbocycles.